The average molecular weight is 387 g/mol. The number of amides is 1. The van der Waals surface area contributed by atoms with Gasteiger partial charge in [-0.3, -0.25) is 4.79 Å². The Morgan fingerprint density at radius 2 is 2.04 bits per heavy atom. The summed E-state index contributed by atoms with van der Waals surface area (Å²) in [6.45, 7) is 8.33. The lowest BCUT2D eigenvalue weighted by atomic mass is 9.78. The van der Waals surface area contributed by atoms with E-state index in [0.717, 1.165) is 18.2 Å². The van der Waals surface area contributed by atoms with Crippen molar-refractivity contribution in [2.24, 2.45) is 11.8 Å². The first-order valence-corrected chi connectivity index (χ1v) is 10.0. The van der Waals surface area contributed by atoms with Gasteiger partial charge in [0.1, 0.15) is 11.3 Å². The Balaban J connectivity index is 1.61. The molecule has 2 aromatic rings. The molecule has 1 aliphatic rings. The molecule has 6 heteroatoms. The Morgan fingerprint density at radius 3 is 2.79 bits per heavy atom. The predicted molar refractivity (Wildman–Crippen MR) is 107 cm³/mol. The van der Waals surface area contributed by atoms with Gasteiger partial charge in [-0.25, -0.2) is 4.79 Å². The molecule has 1 aromatic heterocycles. The van der Waals surface area contributed by atoms with Gasteiger partial charge in [-0.1, -0.05) is 26.7 Å². The smallest absolute Gasteiger partial charge is 0.375 e. The van der Waals surface area contributed by atoms with Crippen LogP contribution in [-0.4, -0.2) is 31.1 Å². The Kier molecular flexibility index (Phi) is 6.27. The molecule has 0 radical (unpaired) electrons. The standard InChI is InChI=1S/C22H29NO5/c1-5-26-16-9-10-19-17(11-16)15(4)21(28-19)22(25)27-12-20(24)23-18-8-6-7-13(2)14(18)3/h9-11,13-14,18H,5-8,12H2,1-4H3,(H,23,24)/t13-,14-,18-/m0/s1. The molecule has 1 fully saturated rings. The minimum Gasteiger partial charge on any atom is -0.494 e. The molecular formula is C22H29NO5. The predicted octanol–water partition coefficient (Wildman–Crippen LogP) is 4.24. The van der Waals surface area contributed by atoms with Crippen molar-refractivity contribution in [2.75, 3.05) is 13.2 Å². The van der Waals surface area contributed by atoms with Crippen molar-refractivity contribution in [3.63, 3.8) is 0 Å². The van der Waals surface area contributed by atoms with Crippen LogP contribution < -0.4 is 10.1 Å². The molecule has 3 atom stereocenters. The zero-order valence-electron chi connectivity index (χ0n) is 17.0. The molecule has 1 N–H and O–H groups in total. The number of carbonyl (C=O) groups excluding carboxylic acids is 2. The third-order valence-corrected chi connectivity index (χ3v) is 5.79. The van der Waals surface area contributed by atoms with Gasteiger partial charge in [0, 0.05) is 17.0 Å². The Labute approximate surface area is 165 Å². The van der Waals surface area contributed by atoms with Crippen LogP contribution in [0.2, 0.25) is 0 Å². The molecule has 1 amide bonds. The van der Waals surface area contributed by atoms with E-state index in [1.165, 1.54) is 6.42 Å². The summed E-state index contributed by atoms with van der Waals surface area (Å²) in [7, 11) is 0. The van der Waals surface area contributed by atoms with E-state index in [9.17, 15) is 9.59 Å². The monoisotopic (exact) mass is 387 g/mol. The number of hydrogen-bond donors (Lipinski definition) is 1. The zero-order valence-corrected chi connectivity index (χ0v) is 17.0. The molecule has 0 spiro atoms. The number of benzene rings is 1. The summed E-state index contributed by atoms with van der Waals surface area (Å²) in [6.07, 6.45) is 3.27. The van der Waals surface area contributed by atoms with Crippen LogP contribution in [0.3, 0.4) is 0 Å². The van der Waals surface area contributed by atoms with E-state index in [2.05, 4.69) is 19.2 Å². The van der Waals surface area contributed by atoms with E-state index in [1.807, 2.05) is 13.0 Å². The molecule has 1 saturated carbocycles. The summed E-state index contributed by atoms with van der Waals surface area (Å²) in [4.78, 5) is 24.7. The van der Waals surface area contributed by atoms with Crippen molar-refractivity contribution < 1.29 is 23.5 Å². The van der Waals surface area contributed by atoms with Crippen LogP contribution in [0, 0.1) is 18.8 Å². The average Bonchev–Trinajstić information content (AvgIpc) is 3.00. The summed E-state index contributed by atoms with van der Waals surface area (Å²) in [5.74, 6) is 0.940. The lowest BCUT2D eigenvalue weighted by molar-refractivity contribution is -0.125. The molecule has 1 heterocycles. The first-order chi connectivity index (χ1) is 13.4. The van der Waals surface area contributed by atoms with E-state index in [-0.39, 0.29) is 24.3 Å². The summed E-state index contributed by atoms with van der Waals surface area (Å²) < 4.78 is 16.3. The van der Waals surface area contributed by atoms with Crippen molar-refractivity contribution in [3.8, 4) is 5.75 Å². The number of carbonyl (C=O) groups is 2. The Bertz CT molecular complexity index is 856. The van der Waals surface area contributed by atoms with Gasteiger partial charge < -0.3 is 19.2 Å². The number of fused-ring (bicyclic) bond motifs is 1. The summed E-state index contributed by atoms with van der Waals surface area (Å²) in [5, 5.41) is 3.80. The SMILES string of the molecule is CCOc1ccc2oc(C(=O)OCC(=O)N[C@H]3CCC[C@H](C)[C@@H]3C)c(C)c2c1. The lowest BCUT2D eigenvalue weighted by Crippen LogP contribution is -2.45. The second-order valence-electron chi connectivity index (χ2n) is 7.66. The molecule has 0 unspecified atom stereocenters. The lowest BCUT2D eigenvalue weighted by Gasteiger charge is -2.34. The van der Waals surface area contributed by atoms with Gasteiger partial charge in [0.05, 0.1) is 6.61 Å². The fourth-order valence-corrected chi connectivity index (χ4v) is 3.88. The minimum absolute atomic E-state index is 0.121. The maximum Gasteiger partial charge on any atom is 0.375 e. The molecule has 1 aromatic carbocycles. The number of nitrogens with one attached hydrogen (secondary N) is 1. The van der Waals surface area contributed by atoms with E-state index in [4.69, 9.17) is 13.9 Å². The van der Waals surface area contributed by atoms with Crippen LogP contribution >= 0.6 is 0 Å². The molecule has 6 nitrogen and oxygen atoms in total. The number of aryl methyl sites for hydroxylation is 1. The number of rotatable bonds is 6. The summed E-state index contributed by atoms with van der Waals surface area (Å²) in [6, 6.07) is 5.54. The number of esters is 1. The van der Waals surface area contributed by atoms with Crippen molar-refractivity contribution in [2.45, 2.75) is 53.0 Å². The molecule has 3 rings (SSSR count). The highest BCUT2D eigenvalue weighted by Crippen LogP contribution is 2.30. The molecule has 1 aliphatic carbocycles. The molecule has 0 aliphatic heterocycles. The molecular weight excluding hydrogens is 358 g/mol. The molecule has 152 valence electrons. The van der Waals surface area contributed by atoms with E-state index < -0.39 is 5.97 Å². The van der Waals surface area contributed by atoms with Crippen LogP contribution in [0.5, 0.6) is 5.75 Å². The van der Waals surface area contributed by atoms with Gasteiger partial charge in [-0.2, -0.15) is 0 Å². The quantitative estimate of drug-likeness (QED) is 0.750. The van der Waals surface area contributed by atoms with Crippen molar-refractivity contribution in [1.29, 1.82) is 0 Å². The second kappa shape index (κ2) is 8.67. The highest BCUT2D eigenvalue weighted by atomic mass is 16.5. The third kappa shape index (κ3) is 4.32. The largest absolute Gasteiger partial charge is 0.494 e. The van der Waals surface area contributed by atoms with Crippen LogP contribution in [0.15, 0.2) is 22.6 Å². The molecule has 28 heavy (non-hydrogen) atoms. The third-order valence-electron chi connectivity index (χ3n) is 5.79. The van der Waals surface area contributed by atoms with E-state index in [1.54, 1.807) is 19.1 Å². The first kappa shape index (κ1) is 20.2. The van der Waals surface area contributed by atoms with Crippen molar-refractivity contribution in [1.82, 2.24) is 5.32 Å². The molecule has 0 saturated heterocycles. The number of furan rings is 1. The normalized spacial score (nSPS) is 22.1. The number of hydrogen-bond acceptors (Lipinski definition) is 5. The van der Waals surface area contributed by atoms with Gasteiger partial charge in [0.25, 0.3) is 5.91 Å². The summed E-state index contributed by atoms with van der Waals surface area (Å²) in [5.41, 5.74) is 1.26. The summed E-state index contributed by atoms with van der Waals surface area (Å²) >= 11 is 0. The van der Waals surface area contributed by atoms with Crippen molar-refractivity contribution in [3.05, 3.63) is 29.5 Å². The van der Waals surface area contributed by atoms with Gasteiger partial charge >= 0.3 is 5.97 Å². The first-order valence-electron chi connectivity index (χ1n) is 10.0. The van der Waals surface area contributed by atoms with Gasteiger partial charge in [0.15, 0.2) is 6.61 Å². The fraction of sp³-hybridized carbons (Fsp3) is 0.545. The Morgan fingerprint density at radius 1 is 1.25 bits per heavy atom. The van der Waals surface area contributed by atoms with Gasteiger partial charge in [-0.15, -0.1) is 0 Å². The zero-order chi connectivity index (χ0) is 20.3. The highest BCUT2D eigenvalue weighted by molar-refractivity contribution is 5.97. The fourth-order valence-electron chi connectivity index (χ4n) is 3.88. The maximum absolute atomic E-state index is 12.4. The van der Waals surface area contributed by atoms with Crippen LogP contribution in [0.25, 0.3) is 11.0 Å². The van der Waals surface area contributed by atoms with Crippen molar-refractivity contribution >= 4 is 22.8 Å². The van der Waals surface area contributed by atoms with Gasteiger partial charge in [-0.05, 0) is 50.3 Å². The minimum atomic E-state index is -0.633. The van der Waals surface area contributed by atoms with Crippen LogP contribution in [0.4, 0.5) is 0 Å². The van der Waals surface area contributed by atoms with E-state index in [0.29, 0.717) is 35.3 Å². The van der Waals surface area contributed by atoms with Crippen LogP contribution in [-0.2, 0) is 9.53 Å². The number of ether oxygens (including phenoxy) is 2. The Hall–Kier alpha value is -2.50. The van der Waals surface area contributed by atoms with Gasteiger partial charge in [0.2, 0.25) is 5.76 Å². The highest BCUT2D eigenvalue weighted by Gasteiger charge is 2.28. The van der Waals surface area contributed by atoms with Crippen LogP contribution in [0.1, 0.15) is 56.2 Å². The maximum atomic E-state index is 12.4. The molecule has 0 bridgehead atoms. The topological polar surface area (TPSA) is 77.8 Å². The van der Waals surface area contributed by atoms with E-state index >= 15 is 0 Å². The second-order valence-corrected chi connectivity index (χ2v) is 7.66.